The molecule has 23 heavy (non-hydrogen) atoms. The summed E-state index contributed by atoms with van der Waals surface area (Å²) in [6.45, 7) is 0.0140. The van der Waals surface area contributed by atoms with E-state index in [4.69, 9.17) is 0 Å². The minimum absolute atomic E-state index is 0.0617. The van der Waals surface area contributed by atoms with Crippen molar-refractivity contribution in [2.45, 2.75) is 18.4 Å². The molecule has 0 fully saturated rings. The Kier molecular flexibility index (Phi) is 4.41. The molecule has 1 unspecified atom stereocenters. The van der Waals surface area contributed by atoms with Crippen LogP contribution in [0.1, 0.15) is 17.5 Å². The quantitative estimate of drug-likeness (QED) is 0.793. The van der Waals surface area contributed by atoms with Crippen molar-refractivity contribution in [3.05, 3.63) is 65.5 Å². The fourth-order valence-corrected chi connectivity index (χ4v) is 3.08. The summed E-state index contributed by atoms with van der Waals surface area (Å²) in [5, 5.41) is 15.8. The molecule has 1 aliphatic rings. The van der Waals surface area contributed by atoms with Crippen molar-refractivity contribution in [3.8, 4) is 0 Å². The maximum absolute atomic E-state index is 12.9. The van der Waals surface area contributed by atoms with Gasteiger partial charge in [-0.2, -0.15) is 0 Å². The van der Waals surface area contributed by atoms with Gasteiger partial charge in [0.1, 0.15) is 5.82 Å². The largest absolute Gasteiger partial charge is 0.394 e. The number of carbonyl (C=O) groups is 1. The normalized spacial score (nSPS) is 19.4. The number of benzene rings is 2. The van der Waals surface area contributed by atoms with Crippen molar-refractivity contribution in [1.82, 2.24) is 5.32 Å². The first kappa shape index (κ1) is 15.6. The number of rotatable bonds is 5. The fraction of sp³-hybridized carbons (Fsp3) is 0.278. The summed E-state index contributed by atoms with van der Waals surface area (Å²) in [5.74, 6) is -0.572. The first-order valence-electron chi connectivity index (χ1n) is 7.63. The van der Waals surface area contributed by atoms with E-state index in [0.29, 0.717) is 5.69 Å². The first-order chi connectivity index (χ1) is 11.1. The van der Waals surface area contributed by atoms with Gasteiger partial charge in [-0.25, -0.2) is 4.39 Å². The third-order valence-electron chi connectivity index (χ3n) is 4.34. The van der Waals surface area contributed by atoms with Gasteiger partial charge in [0.2, 0.25) is 5.91 Å². The van der Waals surface area contributed by atoms with Crippen LogP contribution in [-0.2, 0) is 16.8 Å². The van der Waals surface area contributed by atoms with Gasteiger partial charge in [-0.1, -0.05) is 24.3 Å². The van der Waals surface area contributed by atoms with Crippen LogP contribution >= 0.6 is 0 Å². The molecule has 0 bridgehead atoms. The lowest BCUT2D eigenvalue weighted by Gasteiger charge is -2.29. The number of amides is 1. The number of aliphatic hydroxyl groups excluding tert-OH is 1. The van der Waals surface area contributed by atoms with Crippen LogP contribution in [-0.4, -0.2) is 24.2 Å². The summed E-state index contributed by atoms with van der Waals surface area (Å²) in [5.41, 5.74) is 2.23. The molecule has 2 aromatic rings. The van der Waals surface area contributed by atoms with E-state index in [-0.39, 0.29) is 24.9 Å². The monoisotopic (exact) mass is 314 g/mol. The lowest BCUT2D eigenvalue weighted by Crippen LogP contribution is -2.47. The van der Waals surface area contributed by atoms with Crippen LogP contribution in [0.4, 0.5) is 10.1 Å². The van der Waals surface area contributed by atoms with Crippen molar-refractivity contribution < 1.29 is 14.3 Å². The van der Waals surface area contributed by atoms with E-state index >= 15 is 0 Å². The Labute approximate surface area is 134 Å². The van der Waals surface area contributed by atoms with Gasteiger partial charge in [0.15, 0.2) is 0 Å². The minimum atomic E-state index is -0.573. The predicted octanol–water partition coefficient (Wildman–Crippen LogP) is 2.19. The molecule has 4 nitrogen and oxygen atoms in total. The SMILES string of the molecule is O=C(CNC1(CO)CCc2ccccc21)Nc1ccc(F)cc1. The molecule has 0 radical (unpaired) electrons. The van der Waals surface area contributed by atoms with E-state index in [2.05, 4.69) is 10.6 Å². The molecule has 3 rings (SSSR count). The number of hydrogen-bond donors (Lipinski definition) is 3. The fourth-order valence-electron chi connectivity index (χ4n) is 3.08. The first-order valence-corrected chi connectivity index (χ1v) is 7.63. The standard InChI is InChI=1S/C18H19FN2O2/c19-14-5-7-15(8-6-14)21-17(23)11-20-18(12-22)10-9-13-3-1-2-4-16(13)18/h1-8,20,22H,9-12H2,(H,21,23). The summed E-state index contributed by atoms with van der Waals surface area (Å²) in [6, 6.07) is 13.6. The predicted molar refractivity (Wildman–Crippen MR) is 86.6 cm³/mol. The van der Waals surface area contributed by atoms with Crippen LogP contribution in [0, 0.1) is 5.82 Å². The van der Waals surface area contributed by atoms with Gasteiger partial charge < -0.3 is 10.4 Å². The number of hydrogen-bond acceptors (Lipinski definition) is 3. The lowest BCUT2D eigenvalue weighted by molar-refractivity contribution is -0.115. The second-order valence-corrected chi connectivity index (χ2v) is 5.81. The third-order valence-corrected chi connectivity index (χ3v) is 4.34. The van der Waals surface area contributed by atoms with Crippen molar-refractivity contribution in [3.63, 3.8) is 0 Å². The van der Waals surface area contributed by atoms with Crippen molar-refractivity contribution in [2.75, 3.05) is 18.5 Å². The zero-order chi connectivity index (χ0) is 16.3. The summed E-state index contributed by atoms with van der Waals surface area (Å²) in [4.78, 5) is 12.1. The molecule has 3 N–H and O–H groups in total. The molecular weight excluding hydrogens is 295 g/mol. The van der Waals surface area contributed by atoms with E-state index in [0.717, 1.165) is 18.4 Å². The summed E-state index contributed by atoms with van der Waals surface area (Å²) in [7, 11) is 0. The van der Waals surface area contributed by atoms with Crippen molar-refractivity contribution in [2.24, 2.45) is 0 Å². The summed E-state index contributed by atoms with van der Waals surface area (Å²) < 4.78 is 12.9. The molecule has 0 heterocycles. The molecule has 0 aliphatic heterocycles. The number of aryl methyl sites for hydroxylation is 1. The Morgan fingerprint density at radius 3 is 2.65 bits per heavy atom. The number of halogens is 1. The third kappa shape index (κ3) is 3.25. The minimum Gasteiger partial charge on any atom is -0.394 e. The van der Waals surface area contributed by atoms with Gasteiger partial charge in [-0.3, -0.25) is 10.1 Å². The van der Waals surface area contributed by atoms with E-state index in [9.17, 15) is 14.3 Å². The van der Waals surface area contributed by atoms with Crippen LogP contribution in [0.3, 0.4) is 0 Å². The Bertz CT molecular complexity index is 702. The van der Waals surface area contributed by atoms with Gasteiger partial charge >= 0.3 is 0 Å². The summed E-state index contributed by atoms with van der Waals surface area (Å²) in [6.07, 6.45) is 1.63. The van der Waals surface area contributed by atoms with E-state index in [1.165, 1.54) is 29.8 Å². The molecule has 1 atom stereocenters. The van der Waals surface area contributed by atoms with Crippen molar-refractivity contribution in [1.29, 1.82) is 0 Å². The Balaban J connectivity index is 1.65. The number of anilines is 1. The van der Waals surface area contributed by atoms with Crippen LogP contribution in [0.15, 0.2) is 48.5 Å². The lowest BCUT2D eigenvalue weighted by atomic mass is 9.92. The smallest absolute Gasteiger partial charge is 0.238 e. The van der Waals surface area contributed by atoms with Crippen LogP contribution in [0.25, 0.3) is 0 Å². The second kappa shape index (κ2) is 6.48. The molecule has 0 aromatic heterocycles. The highest BCUT2D eigenvalue weighted by atomic mass is 19.1. The molecule has 120 valence electrons. The average Bonchev–Trinajstić information content (AvgIpc) is 2.95. The number of fused-ring (bicyclic) bond motifs is 1. The molecular formula is C18H19FN2O2. The highest BCUT2D eigenvalue weighted by Gasteiger charge is 2.37. The van der Waals surface area contributed by atoms with Gasteiger partial charge in [0.25, 0.3) is 0 Å². The summed E-state index contributed by atoms with van der Waals surface area (Å²) >= 11 is 0. The molecule has 5 heteroatoms. The molecule has 1 amide bonds. The Morgan fingerprint density at radius 1 is 1.17 bits per heavy atom. The van der Waals surface area contributed by atoms with Crippen LogP contribution in [0.5, 0.6) is 0 Å². The second-order valence-electron chi connectivity index (χ2n) is 5.81. The topological polar surface area (TPSA) is 61.4 Å². The van der Waals surface area contributed by atoms with E-state index < -0.39 is 5.54 Å². The number of nitrogens with one attached hydrogen (secondary N) is 2. The molecule has 2 aromatic carbocycles. The Hall–Kier alpha value is -2.24. The zero-order valence-electron chi connectivity index (χ0n) is 12.7. The average molecular weight is 314 g/mol. The van der Waals surface area contributed by atoms with Crippen LogP contribution < -0.4 is 10.6 Å². The highest BCUT2D eigenvalue weighted by Crippen LogP contribution is 2.36. The highest BCUT2D eigenvalue weighted by molar-refractivity contribution is 5.92. The zero-order valence-corrected chi connectivity index (χ0v) is 12.7. The molecule has 1 aliphatic carbocycles. The maximum Gasteiger partial charge on any atom is 0.238 e. The molecule has 0 saturated heterocycles. The molecule has 0 saturated carbocycles. The van der Waals surface area contributed by atoms with Gasteiger partial charge in [0.05, 0.1) is 18.7 Å². The van der Waals surface area contributed by atoms with Gasteiger partial charge in [-0.05, 0) is 48.2 Å². The molecule has 0 spiro atoms. The van der Waals surface area contributed by atoms with Gasteiger partial charge in [-0.15, -0.1) is 0 Å². The van der Waals surface area contributed by atoms with Crippen molar-refractivity contribution >= 4 is 11.6 Å². The number of carbonyl (C=O) groups excluding carboxylic acids is 1. The Morgan fingerprint density at radius 2 is 1.91 bits per heavy atom. The number of aliphatic hydroxyl groups is 1. The maximum atomic E-state index is 12.9. The van der Waals surface area contributed by atoms with Gasteiger partial charge in [0, 0.05) is 5.69 Å². The van der Waals surface area contributed by atoms with Crippen LogP contribution in [0.2, 0.25) is 0 Å². The van der Waals surface area contributed by atoms with E-state index in [1.807, 2.05) is 24.3 Å². The van der Waals surface area contributed by atoms with E-state index in [1.54, 1.807) is 0 Å².